The van der Waals surface area contributed by atoms with Crippen molar-refractivity contribution in [2.24, 2.45) is 17.1 Å². The minimum atomic E-state index is -3.21. The molecule has 0 aromatic heterocycles. The summed E-state index contributed by atoms with van der Waals surface area (Å²) < 4.78 is 26.5. The van der Waals surface area contributed by atoms with Crippen molar-refractivity contribution in [1.82, 2.24) is 4.72 Å². The van der Waals surface area contributed by atoms with Crippen molar-refractivity contribution < 1.29 is 8.42 Å². The normalized spacial score (nSPS) is 15.4. The highest BCUT2D eigenvalue weighted by Crippen LogP contribution is 2.16. The fraction of sp³-hybridized carbons (Fsp3) is 1.00. The van der Waals surface area contributed by atoms with Crippen molar-refractivity contribution in [3.63, 3.8) is 0 Å². The van der Waals surface area contributed by atoms with Crippen molar-refractivity contribution in [2.45, 2.75) is 47.1 Å². The van der Waals surface area contributed by atoms with Gasteiger partial charge in [0.2, 0.25) is 10.0 Å². The summed E-state index contributed by atoms with van der Waals surface area (Å²) in [7, 11) is -3.21. The number of nitrogens with one attached hydrogen (secondary N) is 1. The maximum atomic E-state index is 11.9. The minimum Gasteiger partial charge on any atom is -0.330 e. The molecule has 3 N–H and O–H groups in total. The lowest BCUT2D eigenvalue weighted by Gasteiger charge is -2.25. The van der Waals surface area contributed by atoms with Crippen LogP contribution in [-0.4, -0.2) is 26.8 Å². The summed E-state index contributed by atoms with van der Waals surface area (Å²) in [5.74, 6) is 0.409. The summed E-state index contributed by atoms with van der Waals surface area (Å²) in [6.07, 6.45) is 0.682. The molecule has 98 valence electrons. The molecule has 0 aliphatic heterocycles. The van der Waals surface area contributed by atoms with Gasteiger partial charge in [0.1, 0.15) is 0 Å². The number of nitrogens with two attached hydrogens (primary N) is 1. The van der Waals surface area contributed by atoms with Gasteiger partial charge in [0.15, 0.2) is 0 Å². The number of rotatable bonds is 6. The SMILES string of the molecule is CC(C)C(CCN)NS(=O)(=O)CC(C)(C)C. The highest BCUT2D eigenvalue weighted by molar-refractivity contribution is 7.89. The fourth-order valence-corrected chi connectivity index (χ4v) is 3.63. The molecule has 4 nitrogen and oxygen atoms in total. The predicted octanol–water partition coefficient (Wildman–Crippen LogP) is 1.33. The van der Waals surface area contributed by atoms with E-state index in [4.69, 9.17) is 5.73 Å². The monoisotopic (exact) mass is 250 g/mol. The zero-order valence-electron chi connectivity index (χ0n) is 11.1. The van der Waals surface area contributed by atoms with Crippen LogP contribution in [0.25, 0.3) is 0 Å². The molecule has 0 fully saturated rings. The molecular formula is C11H26N2O2S. The Bertz CT molecular complexity index is 292. The van der Waals surface area contributed by atoms with Crippen molar-refractivity contribution >= 4 is 10.0 Å². The van der Waals surface area contributed by atoms with Crippen LogP contribution in [0.2, 0.25) is 0 Å². The molecule has 0 rings (SSSR count). The Hall–Kier alpha value is -0.130. The summed E-state index contributed by atoms with van der Waals surface area (Å²) in [5.41, 5.74) is 5.25. The lowest BCUT2D eigenvalue weighted by molar-refractivity contribution is 0.415. The van der Waals surface area contributed by atoms with Crippen molar-refractivity contribution in [1.29, 1.82) is 0 Å². The lowest BCUT2D eigenvalue weighted by atomic mass is 10.0. The Morgan fingerprint density at radius 1 is 1.25 bits per heavy atom. The van der Waals surface area contributed by atoms with Gasteiger partial charge in [-0.1, -0.05) is 34.6 Å². The number of hydrogen-bond acceptors (Lipinski definition) is 3. The van der Waals surface area contributed by atoms with Gasteiger partial charge in [0.05, 0.1) is 5.75 Å². The highest BCUT2D eigenvalue weighted by atomic mass is 32.2. The van der Waals surface area contributed by atoms with E-state index >= 15 is 0 Å². The van der Waals surface area contributed by atoms with Gasteiger partial charge in [-0.3, -0.25) is 0 Å². The second kappa shape index (κ2) is 5.98. The summed E-state index contributed by atoms with van der Waals surface area (Å²) in [4.78, 5) is 0. The topological polar surface area (TPSA) is 72.2 Å². The largest absolute Gasteiger partial charge is 0.330 e. The smallest absolute Gasteiger partial charge is 0.212 e. The van der Waals surface area contributed by atoms with Gasteiger partial charge in [-0.15, -0.1) is 0 Å². The number of sulfonamides is 1. The van der Waals surface area contributed by atoms with E-state index in [-0.39, 0.29) is 23.1 Å². The fourth-order valence-electron chi connectivity index (χ4n) is 1.55. The van der Waals surface area contributed by atoms with E-state index in [1.807, 2.05) is 34.6 Å². The summed E-state index contributed by atoms with van der Waals surface area (Å²) in [6, 6.07) is -0.0580. The molecular weight excluding hydrogens is 224 g/mol. The average molecular weight is 250 g/mol. The zero-order chi connectivity index (χ0) is 13.0. The van der Waals surface area contributed by atoms with Gasteiger partial charge in [0, 0.05) is 6.04 Å². The van der Waals surface area contributed by atoms with Gasteiger partial charge in [0.25, 0.3) is 0 Å². The Kier molecular flexibility index (Phi) is 5.93. The van der Waals surface area contributed by atoms with Crippen LogP contribution in [0.1, 0.15) is 41.0 Å². The highest BCUT2D eigenvalue weighted by Gasteiger charge is 2.25. The predicted molar refractivity (Wildman–Crippen MR) is 68.7 cm³/mol. The van der Waals surface area contributed by atoms with Gasteiger partial charge in [-0.2, -0.15) is 0 Å². The van der Waals surface area contributed by atoms with E-state index in [9.17, 15) is 8.42 Å². The van der Waals surface area contributed by atoms with Crippen LogP contribution in [-0.2, 0) is 10.0 Å². The van der Waals surface area contributed by atoms with Crippen molar-refractivity contribution in [3.8, 4) is 0 Å². The summed E-state index contributed by atoms with van der Waals surface area (Å²) in [5, 5.41) is 0. The van der Waals surface area contributed by atoms with Crippen LogP contribution in [0.3, 0.4) is 0 Å². The molecule has 5 heteroatoms. The Labute approximate surface area is 100 Å². The third kappa shape index (κ3) is 7.19. The molecule has 0 radical (unpaired) electrons. The second-order valence-electron chi connectivity index (χ2n) is 5.87. The molecule has 0 saturated heterocycles. The van der Waals surface area contributed by atoms with E-state index in [1.54, 1.807) is 0 Å². The average Bonchev–Trinajstić information content (AvgIpc) is 1.97. The molecule has 0 aliphatic carbocycles. The first-order chi connectivity index (χ1) is 7.07. The molecule has 1 unspecified atom stereocenters. The molecule has 0 aromatic rings. The summed E-state index contributed by atoms with van der Waals surface area (Å²) in [6.45, 7) is 10.2. The first-order valence-corrected chi connectivity index (χ1v) is 7.43. The van der Waals surface area contributed by atoms with Crippen LogP contribution in [0.4, 0.5) is 0 Å². The first kappa shape index (κ1) is 15.9. The molecule has 0 amide bonds. The molecule has 0 aliphatic rings. The Balaban J connectivity index is 4.55. The maximum Gasteiger partial charge on any atom is 0.212 e. The molecule has 16 heavy (non-hydrogen) atoms. The van der Waals surface area contributed by atoms with Crippen molar-refractivity contribution in [2.75, 3.05) is 12.3 Å². The molecule has 0 bridgehead atoms. The van der Waals surface area contributed by atoms with Crippen LogP contribution < -0.4 is 10.5 Å². The van der Waals surface area contributed by atoms with E-state index in [2.05, 4.69) is 4.72 Å². The van der Waals surface area contributed by atoms with E-state index in [1.165, 1.54) is 0 Å². The van der Waals surface area contributed by atoms with Crippen LogP contribution in [0.5, 0.6) is 0 Å². The van der Waals surface area contributed by atoms with Crippen LogP contribution in [0, 0.1) is 11.3 Å². The molecule has 0 spiro atoms. The Morgan fingerprint density at radius 3 is 2.06 bits per heavy atom. The van der Waals surface area contributed by atoms with Gasteiger partial charge >= 0.3 is 0 Å². The molecule has 0 saturated carbocycles. The van der Waals surface area contributed by atoms with Gasteiger partial charge < -0.3 is 5.73 Å². The van der Waals surface area contributed by atoms with E-state index < -0.39 is 10.0 Å². The lowest BCUT2D eigenvalue weighted by Crippen LogP contribution is -2.43. The van der Waals surface area contributed by atoms with E-state index in [0.717, 1.165) is 0 Å². The number of hydrogen-bond donors (Lipinski definition) is 2. The van der Waals surface area contributed by atoms with Crippen molar-refractivity contribution in [3.05, 3.63) is 0 Å². The standard InChI is InChI=1S/C11H26N2O2S/c1-9(2)10(6-7-12)13-16(14,15)8-11(3,4)5/h9-10,13H,6-8,12H2,1-5H3. The summed E-state index contributed by atoms with van der Waals surface area (Å²) >= 11 is 0. The maximum absolute atomic E-state index is 11.9. The minimum absolute atomic E-state index is 0.0580. The third-order valence-electron chi connectivity index (χ3n) is 2.24. The molecule has 1 atom stereocenters. The second-order valence-corrected chi connectivity index (χ2v) is 7.62. The quantitative estimate of drug-likeness (QED) is 0.747. The first-order valence-electron chi connectivity index (χ1n) is 5.77. The third-order valence-corrected chi connectivity index (χ3v) is 4.14. The van der Waals surface area contributed by atoms with Gasteiger partial charge in [-0.05, 0) is 24.3 Å². The zero-order valence-corrected chi connectivity index (χ0v) is 11.9. The van der Waals surface area contributed by atoms with E-state index in [0.29, 0.717) is 13.0 Å². The van der Waals surface area contributed by atoms with Crippen LogP contribution in [0.15, 0.2) is 0 Å². The van der Waals surface area contributed by atoms with Gasteiger partial charge in [-0.25, -0.2) is 13.1 Å². The Morgan fingerprint density at radius 2 is 1.75 bits per heavy atom. The molecule has 0 heterocycles. The van der Waals surface area contributed by atoms with Crippen LogP contribution >= 0.6 is 0 Å². The molecule has 0 aromatic carbocycles.